The number of aliphatic imine (C=N–C) groups is 1. The number of hydrazine groups is 1. The van der Waals surface area contributed by atoms with E-state index in [9.17, 15) is 9.59 Å². The fourth-order valence-corrected chi connectivity index (χ4v) is 1.96. The molecular weight excluding hydrogens is 302 g/mol. The van der Waals surface area contributed by atoms with Crippen LogP contribution < -0.4 is 15.6 Å². The maximum atomic E-state index is 11.8. The fraction of sp³-hybridized carbons (Fsp3) is 0.143. The van der Waals surface area contributed by atoms with Crippen molar-refractivity contribution in [1.29, 1.82) is 0 Å². The molecule has 9 heteroatoms. The quantitative estimate of drug-likeness (QED) is 0.181. The van der Waals surface area contributed by atoms with E-state index in [1.807, 2.05) is 0 Å². The molecule has 2 aromatic heterocycles. The summed E-state index contributed by atoms with van der Waals surface area (Å²) in [6.45, 7) is 5.31. The molecular formula is C14H15N5O4. The summed E-state index contributed by atoms with van der Waals surface area (Å²) in [7, 11) is 1.39. The first-order chi connectivity index (χ1) is 10.9. The van der Waals surface area contributed by atoms with E-state index >= 15 is 0 Å². The molecule has 0 amide bonds. The number of carboxylic acids is 1. The summed E-state index contributed by atoms with van der Waals surface area (Å²) >= 11 is 0. The average Bonchev–Trinajstić information content (AvgIpc) is 2.95. The van der Waals surface area contributed by atoms with Crippen molar-refractivity contribution >= 4 is 34.8 Å². The zero-order valence-electron chi connectivity index (χ0n) is 12.5. The number of carbonyl (C=O) groups excluding carboxylic acids is 1. The van der Waals surface area contributed by atoms with E-state index in [2.05, 4.69) is 21.5 Å². The van der Waals surface area contributed by atoms with Gasteiger partial charge in [-0.15, -0.1) is 0 Å². The zero-order valence-corrected chi connectivity index (χ0v) is 12.5. The summed E-state index contributed by atoms with van der Waals surface area (Å²) in [6, 6.07) is 0. The van der Waals surface area contributed by atoms with Crippen molar-refractivity contribution in [2.75, 3.05) is 12.1 Å². The van der Waals surface area contributed by atoms with Crippen molar-refractivity contribution in [3.63, 3.8) is 0 Å². The number of carbonyl (C=O) groups is 2. The minimum absolute atomic E-state index is 0.0433. The van der Waals surface area contributed by atoms with Gasteiger partial charge >= 0.3 is 5.97 Å². The predicted octanol–water partition coefficient (Wildman–Crippen LogP) is 1.08. The zero-order chi connectivity index (χ0) is 17.1. The first-order valence-corrected chi connectivity index (χ1v) is 6.42. The van der Waals surface area contributed by atoms with Crippen molar-refractivity contribution in [1.82, 2.24) is 9.97 Å². The molecule has 0 saturated heterocycles. The van der Waals surface area contributed by atoms with Crippen LogP contribution in [-0.2, 0) is 4.79 Å². The molecule has 9 nitrogen and oxygen atoms in total. The maximum Gasteiger partial charge on any atom is 0.377 e. The molecule has 23 heavy (non-hydrogen) atoms. The van der Waals surface area contributed by atoms with E-state index in [0.29, 0.717) is 11.2 Å². The van der Waals surface area contributed by atoms with Gasteiger partial charge < -0.3 is 14.8 Å². The Morgan fingerprint density at radius 2 is 2.26 bits per heavy atom. The van der Waals surface area contributed by atoms with Crippen LogP contribution in [0, 0.1) is 0 Å². The van der Waals surface area contributed by atoms with E-state index in [1.54, 1.807) is 6.92 Å². The van der Waals surface area contributed by atoms with Gasteiger partial charge in [-0.3, -0.25) is 4.79 Å². The summed E-state index contributed by atoms with van der Waals surface area (Å²) in [5.74, 6) is 3.73. The Morgan fingerprint density at radius 1 is 1.57 bits per heavy atom. The summed E-state index contributed by atoms with van der Waals surface area (Å²) in [5.41, 5.74) is 0.848. The molecule has 0 fully saturated rings. The number of carboxylic acid groups (broad SMARTS) is 1. The van der Waals surface area contributed by atoms with Gasteiger partial charge in [-0.1, -0.05) is 6.58 Å². The molecule has 0 aromatic carbocycles. The molecule has 0 bridgehead atoms. The number of aliphatic carboxylic acids is 1. The summed E-state index contributed by atoms with van der Waals surface area (Å²) in [5, 5.41) is 10.3. The molecule has 2 heterocycles. The Kier molecular flexibility index (Phi) is 4.42. The molecule has 0 radical (unpaired) electrons. The van der Waals surface area contributed by atoms with Crippen molar-refractivity contribution in [3.8, 4) is 5.75 Å². The van der Waals surface area contributed by atoms with Crippen LogP contribution in [0.4, 0.5) is 5.82 Å². The van der Waals surface area contributed by atoms with E-state index < -0.39 is 11.8 Å². The Bertz CT molecular complexity index is 824. The molecule has 0 aliphatic rings. The third-order valence-corrected chi connectivity index (χ3v) is 2.96. The lowest BCUT2D eigenvalue weighted by molar-refractivity contribution is -0.131. The Balaban J connectivity index is 2.64. The number of fused-ring (bicyclic) bond motifs is 1. The molecule has 0 atom stereocenters. The van der Waals surface area contributed by atoms with Crippen molar-refractivity contribution in [3.05, 3.63) is 30.2 Å². The molecule has 120 valence electrons. The first kappa shape index (κ1) is 16.2. The lowest BCUT2D eigenvalue weighted by atomic mass is 10.1. The molecule has 4 N–H and O–H groups in total. The number of methoxy groups -OCH3 is 1. The highest BCUT2D eigenvalue weighted by molar-refractivity contribution is 6.42. The van der Waals surface area contributed by atoms with Gasteiger partial charge in [-0.05, 0) is 6.92 Å². The Hall–Kier alpha value is -3.20. The number of pyridine rings is 1. The van der Waals surface area contributed by atoms with Gasteiger partial charge in [0.2, 0.25) is 0 Å². The molecule has 0 unspecified atom stereocenters. The second kappa shape index (κ2) is 6.28. The number of aromatic nitrogens is 2. The largest absolute Gasteiger partial charge is 0.494 e. The second-order valence-corrected chi connectivity index (χ2v) is 4.62. The van der Waals surface area contributed by atoms with Crippen LogP contribution in [0.2, 0.25) is 0 Å². The van der Waals surface area contributed by atoms with Gasteiger partial charge in [0.05, 0.1) is 29.8 Å². The van der Waals surface area contributed by atoms with Crippen molar-refractivity contribution in [2.24, 2.45) is 10.8 Å². The minimum Gasteiger partial charge on any atom is -0.494 e. The van der Waals surface area contributed by atoms with E-state index in [-0.39, 0.29) is 22.5 Å². The number of aromatic amines is 1. The van der Waals surface area contributed by atoms with Gasteiger partial charge in [0, 0.05) is 11.9 Å². The molecule has 2 aromatic rings. The highest BCUT2D eigenvalue weighted by atomic mass is 16.5. The van der Waals surface area contributed by atoms with Crippen molar-refractivity contribution in [2.45, 2.75) is 6.92 Å². The fourth-order valence-electron chi connectivity index (χ4n) is 1.96. The third-order valence-electron chi connectivity index (χ3n) is 2.96. The SMILES string of the molecule is C=C(C)/N=C\N(N)c1ncc(OC)c2c(C(=O)C(=O)O)c[nH]c12. The molecule has 0 spiro atoms. The number of hydrogen-bond donors (Lipinski definition) is 3. The van der Waals surface area contributed by atoms with Crippen LogP contribution in [0.15, 0.2) is 29.7 Å². The number of nitrogens with two attached hydrogens (primary N) is 1. The van der Waals surface area contributed by atoms with Crippen LogP contribution in [0.5, 0.6) is 5.75 Å². The van der Waals surface area contributed by atoms with Gasteiger partial charge in [0.1, 0.15) is 12.1 Å². The van der Waals surface area contributed by atoms with E-state index in [1.165, 1.54) is 25.8 Å². The number of ether oxygens (including phenoxy) is 1. The second-order valence-electron chi connectivity index (χ2n) is 4.62. The number of anilines is 1. The third kappa shape index (κ3) is 3.04. The minimum atomic E-state index is -1.57. The summed E-state index contributed by atoms with van der Waals surface area (Å²) in [6.07, 6.45) is 3.92. The number of ketones is 1. The molecule has 2 rings (SSSR count). The maximum absolute atomic E-state index is 11.8. The van der Waals surface area contributed by atoms with Crippen LogP contribution >= 0.6 is 0 Å². The van der Waals surface area contributed by atoms with E-state index in [4.69, 9.17) is 15.7 Å². The van der Waals surface area contributed by atoms with Crippen LogP contribution in [0.3, 0.4) is 0 Å². The van der Waals surface area contributed by atoms with Gasteiger partial charge in [-0.2, -0.15) is 0 Å². The summed E-state index contributed by atoms with van der Waals surface area (Å²) < 4.78 is 5.15. The molecule has 0 aliphatic carbocycles. The van der Waals surface area contributed by atoms with Crippen molar-refractivity contribution < 1.29 is 19.4 Å². The highest BCUT2D eigenvalue weighted by Gasteiger charge is 2.24. The topological polar surface area (TPSA) is 134 Å². The number of H-pyrrole nitrogens is 1. The van der Waals surface area contributed by atoms with Crippen LogP contribution in [0.25, 0.3) is 10.9 Å². The number of allylic oxidation sites excluding steroid dienone is 1. The Labute approximate surface area is 131 Å². The van der Waals surface area contributed by atoms with Gasteiger partial charge in [0.25, 0.3) is 5.78 Å². The number of Topliss-reactive ketones (excluding diaryl/α,β-unsaturated/α-hetero) is 1. The van der Waals surface area contributed by atoms with E-state index in [0.717, 1.165) is 5.01 Å². The standard InChI is InChI=1S/C14H15N5O4/c1-7(2)18-6-19(15)13-11-10(9(23-3)5-17-13)8(4-16-11)12(20)14(21)22/h4-6,16H,1,15H2,2-3H3,(H,21,22)/b18-6-. The number of hydrogen-bond acceptors (Lipinski definition) is 6. The summed E-state index contributed by atoms with van der Waals surface area (Å²) in [4.78, 5) is 33.7. The van der Waals surface area contributed by atoms with Crippen LogP contribution in [0.1, 0.15) is 17.3 Å². The number of nitrogens with one attached hydrogen (secondary N) is 1. The Morgan fingerprint density at radius 3 is 2.83 bits per heavy atom. The lowest BCUT2D eigenvalue weighted by Crippen LogP contribution is -2.30. The molecule has 0 aliphatic heterocycles. The van der Waals surface area contributed by atoms with Gasteiger partial charge in [-0.25, -0.2) is 25.6 Å². The lowest BCUT2D eigenvalue weighted by Gasteiger charge is -2.14. The first-order valence-electron chi connectivity index (χ1n) is 6.42. The monoisotopic (exact) mass is 317 g/mol. The number of nitrogens with zero attached hydrogens (tertiary/aromatic N) is 3. The van der Waals surface area contributed by atoms with Gasteiger partial charge in [0.15, 0.2) is 5.82 Å². The number of rotatable bonds is 6. The normalized spacial score (nSPS) is 10.9. The highest BCUT2D eigenvalue weighted by Crippen LogP contribution is 2.33. The molecule has 0 saturated carbocycles. The average molecular weight is 317 g/mol. The predicted molar refractivity (Wildman–Crippen MR) is 84.6 cm³/mol. The smallest absolute Gasteiger partial charge is 0.377 e. The van der Waals surface area contributed by atoms with Crippen LogP contribution in [-0.4, -0.2) is 40.3 Å².